The average Bonchev–Trinajstić information content (AvgIpc) is 2.55. The maximum Gasteiger partial charge on any atom is 0.335 e. The summed E-state index contributed by atoms with van der Waals surface area (Å²) in [6.45, 7) is 3.46. The van der Waals surface area contributed by atoms with Gasteiger partial charge in [-0.3, -0.25) is 0 Å². The van der Waals surface area contributed by atoms with Crippen LogP contribution in [0.15, 0.2) is 42.5 Å². The molecule has 0 heterocycles. The number of alkyl halides is 2. The summed E-state index contributed by atoms with van der Waals surface area (Å²) in [5, 5.41) is 8.91. The van der Waals surface area contributed by atoms with Gasteiger partial charge in [-0.15, -0.1) is 23.2 Å². The van der Waals surface area contributed by atoms with Gasteiger partial charge in [-0.2, -0.15) is 0 Å². The monoisotopic (exact) mass is 367 g/mol. The van der Waals surface area contributed by atoms with Crippen molar-refractivity contribution in [2.24, 2.45) is 0 Å². The molecule has 0 spiro atoms. The number of benzene rings is 2. The van der Waals surface area contributed by atoms with E-state index in [4.69, 9.17) is 33.0 Å². The summed E-state index contributed by atoms with van der Waals surface area (Å²) in [5.41, 5.74) is 2.36. The fraction of sp³-hybridized carbons (Fsp3) is 0.278. The first-order valence-corrected chi connectivity index (χ1v) is 8.61. The van der Waals surface area contributed by atoms with Crippen molar-refractivity contribution in [3.05, 3.63) is 53.6 Å². The van der Waals surface area contributed by atoms with Gasteiger partial charge in [0.15, 0.2) is 0 Å². The van der Waals surface area contributed by atoms with Gasteiger partial charge in [0.25, 0.3) is 0 Å². The minimum absolute atomic E-state index is 0.228. The van der Waals surface area contributed by atoms with Crippen molar-refractivity contribution >= 4 is 34.9 Å². The van der Waals surface area contributed by atoms with Crippen molar-refractivity contribution in [3.8, 4) is 11.5 Å². The second-order valence-corrected chi connectivity index (χ2v) is 6.00. The number of anilines is 1. The van der Waals surface area contributed by atoms with E-state index in [0.717, 1.165) is 24.3 Å². The molecule has 0 unspecified atom stereocenters. The topological polar surface area (TPSA) is 49.8 Å². The number of nitrogens with zero attached hydrogens (tertiary/aromatic N) is 1. The zero-order valence-electron chi connectivity index (χ0n) is 13.3. The third kappa shape index (κ3) is 4.79. The lowest BCUT2D eigenvalue weighted by atomic mass is 10.1. The molecule has 6 heteroatoms. The van der Waals surface area contributed by atoms with Crippen molar-refractivity contribution in [2.45, 2.75) is 6.92 Å². The molecule has 0 aliphatic carbocycles. The molecule has 2 rings (SSSR count). The van der Waals surface area contributed by atoms with Crippen molar-refractivity contribution in [1.82, 2.24) is 0 Å². The van der Waals surface area contributed by atoms with Gasteiger partial charge in [-0.05, 0) is 55.0 Å². The molecule has 2 aromatic carbocycles. The van der Waals surface area contributed by atoms with Gasteiger partial charge in [-0.1, -0.05) is 0 Å². The van der Waals surface area contributed by atoms with Crippen LogP contribution < -0.4 is 9.64 Å². The number of carboxylic acids is 1. The SMILES string of the molecule is Cc1cc(Oc2ccc(C(=O)O)cc2)ccc1N(CCCl)CCCl. The molecular weight excluding hydrogens is 349 g/mol. The van der Waals surface area contributed by atoms with Gasteiger partial charge in [0, 0.05) is 30.5 Å². The van der Waals surface area contributed by atoms with Crippen LogP contribution in [0.4, 0.5) is 5.69 Å². The minimum atomic E-state index is -0.958. The van der Waals surface area contributed by atoms with Crippen LogP contribution in [0.5, 0.6) is 11.5 Å². The number of hydrogen-bond acceptors (Lipinski definition) is 3. The molecule has 2 aromatic rings. The van der Waals surface area contributed by atoms with Crippen molar-refractivity contribution < 1.29 is 14.6 Å². The lowest BCUT2D eigenvalue weighted by molar-refractivity contribution is 0.0697. The number of halogens is 2. The zero-order valence-corrected chi connectivity index (χ0v) is 14.8. The number of carbonyl (C=O) groups is 1. The maximum absolute atomic E-state index is 10.9. The number of carboxylic acid groups (broad SMARTS) is 1. The van der Waals surface area contributed by atoms with Crippen LogP contribution in [0.2, 0.25) is 0 Å². The Morgan fingerprint density at radius 2 is 1.62 bits per heavy atom. The second-order valence-electron chi connectivity index (χ2n) is 5.24. The first-order valence-electron chi connectivity index (χ1n) is 7.54. The van der Waals surface area contributed by atoms with Crippen molar-refractivity contribution in [2.75, 3.05) is 29.7 Å². The molecule has 0 amide bonds. The highest BCUT2D eigenvalue weighted by atomic mass is 35.5. The Bertz CT molecular complexity index is 683. The fourth-order valence-corrected chi connectivity index (χ4v) is 2.81. The van der Waals surface area contributed by atoms with Crippen molar-refractivity contribution in [1.29, 1.82) is 0 Å². The standard InChI is InChI=1S/C18H19Cl2NO3/c1-13-12-16(6-7-17(13)21(10-8-19)11-9-20)24-15-4-2-14(3-5-15)18(22)23/h2-7,12H,8-11H2,1H3,(H,22,23). The van der Waals surface area contributed by atoms with Crippen LogP contribution in [0.25, 0.3) is 0 Å². The molecule has 0 bridgehead atoms. The lowest BCUT2D eigenvalue weighted by Gasteiger charge is -2.25. The van der Waals surface area contributed by atoms with E-state index in [1.165, 1.54) is 12.1 Å². The zero-order chi connectivity index (χ0) is 17.5. The van der Waals surface area contributed by atoms with Crippen LogP contribution >= 0.6 is 23.2 Å². The Hall–Kier alpha value is -1.91. The highest BCUT2D eigenvalue weighted by molar-refractivity contribution is 6.18. The van der Waals surface area contributed by atoms with E-state index in [9.17, 15) is 4.79 Å². The number of hydrogen-bond donors (Lipinski definition) is 1. The molecule has 128 valence electrons. The molecule has 0 fully saturated rings. The van der Waals surface area contributed by atoms with E-state index in [0.29, 0.717) is 23.3 Å². The molecule has 1 N–H and O–H groups in total. The minimum Gasteiger partial charge on any atom is -0.478 e. The smallest absolute Gasteiger partial charge is 0.335 e. The normalized spacial score (nSPS) is 10.5. The molecule has 0 saturated carbocycles. The Morgan fingerprint density at radius 3 is 2.12 bits per heavy atom. The summed E-state index contributed by atoms with van der Waals surface area (Å²) in [6, 6.07) is 12.1. The van der Waals surface area contributed by atoms with Crippen LogP contribution in [0.3, 0.4) is 0 Å². The largest absolute Gasteiger partial charge is 0.478 e. The van der Waals surface area contributed by atoms with Gasteiger partial charge < -0.3 is 14.7 Å². The molecule has 0 aliphatic heterocycles. The second kappa shape index (κ2) is 8.81. The molecule has 0 aromatic heterocycles. The van der Waals surface area contributed by atoms with E-state index in [-0.39, 0.29) is 5.56 Å². The lowest BCUT2D eigenvalue weighted by Crippen LogP contribution is -2.28. The summed E-state index contributed by atoms with van der Waals surface area (Å²) in [4.78, 5) is 13.0. The predicted molar refractivity (Wildman–Crippen MR) is 98.3 cm³/mol. The summed E-state index contributed by atoms with van der Waals surface area (Å²) in [5.74, 6) is 1.39. The molecule has 24 heavy (non-hydrogen) atoms. The predicted octanol–water partition coefficient (Wildman–Crippen LogP) is 4.77. The van der Waals surface area contributed by atoms with Crippen LogP contribution in [0, 0.1) is 6.92 Å². The maximum atomic E-state index is 10.9. The first kappa shape index (κ1) is 18.4. The average molecular weight is 368 g/mol. The molecular formula is C18H19Cl2NO3. The van der Waals surface area contributed by atoms with E-state index < -0.39 is 5.97 Å². The summed E-state index contributed by atoms with van der Waals surface area (Å²) < 4.78 is 5.79. The van der Waals surface area contributed by atoms with Crippen LogP contribution in [-0.4, -0.2) is 35.9 Å². The first-order chi connectivity index (χ1) is 11.5. The molecule has 4 nitrogen and oxygen atoms in total. The molecule has 0 aliphatic rings. The summed E-state index contributed by atoms with van der Waals surface area (Å²) in [7, 11) is 0. The van der Waals surface area contributed by atoms with Crippen LogP contribution in [0.1, 0.15) is 15.9 Å². The van der Waals surface area contributed by atoms with E-state index in [1.807, 2.05) is 25.1 Å². The quantitative estimate of drug-likeness (QED) is 0.682. The number of aromatic carboxylic acids is 1. The Balaban J connectivity index is 2.15. The van der Waals surface area contributed by atoms with Gasteiger partial charge in [0.1, 0.15) is 11.5 Å². The summed E-state index contributed by atoms with van der Waals surface area (Å²) in [6.07, 6.45) is 0. The highest BCUT2D eigenvalue weighted by Crippen LogP contribution is 2.28. The van der Waals surface area contributed by atoms with Crippen LogP contribution in [-0.2, 0) is 0 Å². The van der Waals surface area contributed by atoms with E-state index >= 15 is 0 Å². The summed E-state index contributed by atoms with van der Waals surface area (Å²) >= 11 is 11.7. The number of rotatable bonds is 8. The number of aryl methyl sites for hydroxylation is 1. The van der Waals surface area contributed by atoms with E-state index in [2.05, 4.69) is 4.90 Å². The van der Waals surface area contributed by atoms with Crippen molar-refractivity contribution in [3.63, 3.8) is 0 Å². The third-order valence-electron chi connectivity index (χ3n) is 3.55. The molecule has 0 saturated heterocycles. The molecule has 0 atom stereocenters. The Kier molecular flexibility index (Phi) is 6.76. The van der Waals surface area contributed by atoms with Gasteiger partial charge in [0.2, 0.25) is 0 Å². The third-order valence-corrected chi connectivity index (χ3v) is 3.89. The Labute approximate surface area is 151 Å². The molecule has 0 radical (unpaired) electrons. The fourth-order valence-electron chi connectivity index (χ4n) is 2.40. The van der Waals surface area contributed by atoms with Gasteiger partial charge >= 0.3 is 5.97 Å². The van der Waals surface area contributed by atoms with Gasteiger partial charge in [-0.25, -0.2) is 4.79 Å². The van der Waals surface area contributed by atoms with Gasteiger partial charge in [0.05, 0.1) is 5.56 Å². The van der Waals surface area contributed by atoms with E-state index in [1.54, 1.807) is 12.1 Å². The number of ether oxygens (including phenoxy) is 1. The highest BCUT2D eigenvalue weighted by Gasteiger charge is 2.10. The Morgan fingerprint density at radius 1 is 1.04 bits per heavy atom.